The number of piperidine rings is 1. The van der Waals surface area contributed by atoms with Crippen molar-refractivity contribution in [1.29, 1.82) is 0 Å². The third-order valence-electron chi connectivity index (χ3n) is 4.60. The Labute approximate surface area is 157 Å². The number of guanidine groups is 1. The van der Waals surface area contributed by atoms with E-state index in [9.17, 15) is 4.79 Å². The summed E-state index contributed by atoms with van der Waals surface area (Å²) < 4.78 is 4.87. The molecule has 2 rings (SSSR count). The Bertz CT molecular complexity index is 590. The van der Waals surface area contributed by atoms with E-state index in [-0.39, 0.29) is 11.9 Å². The second-order valence-electron chi connectivity index (χ2n) is 7.01. The van der Waals surface area contributed by atoms with Crippen molar-refractivity contribution >= 4 is 11.9 Å². The minimum absolute atomic E-state index is 0.0170. The Kier molecular flexibility index (Phi) is 7.91. The molecule has 1 aliphatic heterocycles. The fourth-order valence-corrected chi connectivity index (χ4v) is 3.20. The largest absolute Gasteiger partial charge is 0.469 e. The van der Waals surface area contributed by atoms with Crippen molar-refractivity contribution in [2.45, 2.75) is 32.9 Å². The molecule has 1 heterocycles. The van der Waals surface area contributed by atoms with E-state index < -0.39 is 0 Å². The van der Waals surface area contributed by atoms with E-state index in [0.717, 1.165) is 45.0 Å². The van der Waals surface area contributed by atoms with Gasteiger partial charge in [0.15, 0.2) is 5.96 Å². The first-order valence-electron chi connectivity index (χ1n) is 9.37. The molecule has 0 amide bonds. The molecule has 26 heavy (non-hydrogen) atoms. The Morgan fingerprint density at radius 2 is 1.85 bits per heavy atom. The second-order valence-corrected chi connectivity index (χ2v) is 7.01. The quantitative estimate of drug-likeness (QED) is 0.478. The molecule has 0 radical (unpaired) electrons. The van der Waals surface area contributed by atoms with Gasteiger partial charge in [-0.1, -0.05) is 24.3 Å². The molecule has 0 aliphatic carbocycles. The summed E-state index contributed by atoms with van der Waals surface area (Å²) in [6.07, 6.45) is 1.63. The van der Waals surface area contributed by atoms with Gasteiger partial charge in [-0.2, -0.15) is 0 Å². The molecule has 1 fully saturated rings. The summed E-state index contributed by atoms with van der Waals surface area (Å²) in [6.45, 7) is 6.16. The van der Waals surface area contributed by atoms with Gasteiger partial charge in [0.2, 0.25) is 0 Å². The van der Waals surface area contributed by atoms with Crippen LogP contribution in [0.15, 0.2) is 29.3 Å². The Morgan fingerprint density at radius 1 is 1.23 bits per heavy atom. The van der Waals surface area contributed by atoms with Crippen LogP contribution in [-0.2, 0) is 22.6 Å². The van der Waals surface area contributed by atoms with Crippen molar-refractivity contribution < 1.29 is 9.53 Å². The molecule has 0 saturated carbocycles. The number of aliphatic imine (C=N–C) groups is 1. The van der Waals surface area contributed by atoms with E-state index in [4.69, 9.17) is 9.73 Å². The van der Waals surface area contributed by atoms with Crippen LogP contribution in [0.1, 0.15) is 30.9 Å². The molecule has 1 aromatic rings. The minimum Gasteiger partial charge on any atom is -0.469 e. The van der Waals surface area contributed by atoms with E-state index in [2.05, 4.69) is 60.4 Å². The van der Waals surface area contributed by atoms with Gasteiger partial charge < -0.3 is 19.9 Å². The maximum atomic E-state index is 11.7. The third-order valence-corrected chi connectivity index (χ3v) is 4.60. The molecule has 6 nitrogen and oxygen atoms in total. The number of nitrogens with one attached hydrogen (secondary N) is 1. The van der Waals surface area contributed by atoms with Crippen LogP contribution in [0, 0.1) is 5.92 Å². The third kappa shape index (κ3) is 6.02. The Hall–Kier alpha value is -2.08. The molecule has 1 aromatic carbocycles. The van der Waals surface area contributed by atoms with Gasteiger partial charge in [-0.15, -0.1) is 0 Å². The van der Waals surface area contributed by atoms with Crippen molar-refractivity contribution in [2.24, 2.45) is 10.9 Å². The van der Waals surface area contributed by atoms with Gasteiger partial charge in [-0.05, 0) is 45.0 Å². The SMILES string of the molecule is CCNC(=NCc1ccc(CN(C)C)cc1)N1CCC(C(=O)OC)CC1. The molecule has 1 aliphatic rings. The highest BCUT2D eigenvalue weighted by Crippen LogP contribution is 2.18. The minimum atomic E-state index is -0.0931. The summed E-state index contributed by atoms with van der Waals surface area (Å²) in [6, 6.07) is 8.63. The van der Waals surface area contributed by atoms with E-state index in [0.29, 0.717) is 6.54 Å². The molecule has 0 bridgehead atoms. The van der Waals surface area contributed by atoms with Gasteiger partial charge in [0.1, 0.15) is 0 Å². The zero-order chi connectivity index (χ0) is 18.9. The first-order valence-corrected chi connectivity index (χ1v) is 9.37. The highest BCUT2D eigenvalue weighted by molar-refractivity contribution is 5.80. The summed E-state index contributed by atoms with van der Waals surface area (Å²) >= 11 is 0. The average Bonchev–Trinajstić information content (AvgIpc) is 2.65. The molecule has 0 atom stereocenters. The van der Waals surface area contributed by atoms with Crippen LogP contribution in [0.5, 0.6) is 0 Å². The molecule has 0 spiro atoms. The van der Waals surface area contributed by atoms with Gasteiger partial charge in [0.25, 0.3) is 0 Å². The van der Waals surface area contributed by atoms with Crippen molar-refractivity contribution in [1.82, 2.24) is 15.1 Å². The van der Waals surface area contributed by atoms with Gasteiger partial charge in [-0.3, -0.25) is 4.79 Å². The predicted molar refractivity (Wildman–Crippen MR) is 105 cm³/mol. The normalized spacial score (nSPS) is 16.0. The molecule has 0 unspecified atom stereocenters. The molecule has 1 N–H and O–H groups in total. The fourth-order valence-electron chi connectivity index (χ4n) is 3.20. The number of likely N-dealkylation sites (tertiary alicyclic amines) is 1. The van der Waals surface area contributed by atoms with Gasteiger partial charge in [0.05, 0.1) is 19.6 Å². The maximum Gasteiger partial charge on any atom is 0.308 e. The van der Waals surface area contributed by atoms with E-state index >= 15 is 0 Å². The summed E-state index contributed by atoms with van der Waals surface area (Å²) in [5.74, 6) is 0.848. The lowest BCUT2D eigenvalue weighted by atomic mass is 9.97. The van der Waals surface area contributed by atoms with E-state index in [1.807, 2.05) is 0 Å². The van der Waals surface area contributed by atoms with Crippen molar-refractivity contribution in [2.75, 3.05) is 40.8 Å². The highest BCUT2D eigenvalue weighted by atomic mass is 16.5. The molecular formula is C20H32N4O2. The van der Waals surface area contributed by atoms with E-state index in [1.165, 1.54) is 18.2 Å². The number of nitrogens with zero attached hydrogens (tertiary/aromatic N) is 3. The predicted octanol–water partition coefficient (Wildman–Crippen LogP) is 2.10. The average molecular weight is 361 g/mol. The second kappa shape index (κ2) is 10.2. The lowest BCUT2D eigenvalue weighted by molar-refractivity contribution is -0.146. The topological polar surface area (TPSA) is 57.2 Å². The highest BCUT2D eigenvalue weighted by Gasteiger charge is 2.26. The molecule has 1 saturated heterocycles. The smallest absolute Gasteiger partial charge is 0.308 e. The van der Waals surface area contributed by atoms with Crippen molar-refractivity contribution in [3.8, 4) is 0 Å². The summed E-state index contributed by atoms with van der Waals surface area (Å²) in [5.41, 5.74) is 2.51. The number of carbonyl (C=O) groups is 1. The molecule has 0 aromatic heterocycles. The molecule has 144 valence electrons. The number of hydrogen-bond donors (Lipinski definition) is 1. The Morgan fingerprint density at radius 3 is 2.38 bits per heavy atom. The van der Waals surface area contributed by atoms with Crippen molar-refractivity contribution in [3.05, 3.63) is 35.4 Å². The van der Waals surface area contributed by atoms with Crippen LogP contribution in [-0.4, -0.2) is 62.6 Å². The van der Waals surface area contributed by atoms with Crippen LogP contribution in [0.4, 0.5) is 0 Å². The zero-order valence-electron chi connectivity index (χ0n) is 16.5. The molecular weight excluding hydrogens is 328 g/mol. The number of esters is 1. The van der Waals surface area contributed by atoms with Gasteiger partial charge in [-0.25, -0.2) is 4.99 Å². The zero-order valence-corrected chi connectivity index (χ0v) is 16.5. The lowest BCUT2D eigenvalue weighted by Crippen LogP contribution is -2.46. The van der Waals surface area contributed by atoms with Gasteiger partial charge >= 0.3 is 5.97 Å². The summed E-state index contributed by atoms with van der Waals surface area (Å²) in [4.78, 5) is 20.9. The Balaban J connectivity index is 1.95. The van der Waals surface area contributed by atoms with Crippen LogP contribution >= 0.6 is 0 Å². The van der Waals surface area contributed by atoms with E-state index in [1.54, 1.807) is 0 Å². The van der Waals surface area contributed by atoms with Gasteiger partial charge in [0, 0.05) is 26.2 Å². The van der Waals surface area contributed by atoms with Crippen LogP contribution in [0.25, 0.3) is 0 Å². The summed E-state index contributed by atoms with van der Waals surface area (Å²) in [5, 5.41) is 3.37. The number of benzene rings is 1. The number of rotatable bonds is 6. The number of methoxy groups -OCH3 is 1. The number of ether oxygens (including phenoxy) is 1. The van der Waals surface area contributed by atoms with Crippen LogP contribution in [0.3, 0.4) is 0 Å². The number of hydrogen-bond acceptors (Lipinski definition) is 4. The standard InChI is InChI=1S/C20H32N4O2/c1-5-21-20(24-12-10-18(11-13-24)19(25)26-4)22-14-16-6-8-17(9-7-16)15-23(2)3/h6-9,18H,5,10-15H2,1-4H3,(H,21,22). The fraction of sp³-hybridized carbons (Fsp3) is 0.600. The summed E-state index contributed by atoms with van der Waals surface area (Å²) in [7, 11) is 5.61. The monoisotopic (exact) mass is 360 g/mol. The maximum absolute atomic E-state index is 11.7. The van der Waals surface area contributed by atoms with Crippen molar-refractivity contribution in [3.63, 3.8) is 0 Å². The van der Waals surface area contributed by atoms with Crippen LogP contribution in [0.2, 0.25) is 0 Å². The number of carbonyl (C=O) groups excluding carboxylic acids is 1. The first kappa shape index (κ1) is 20.2. The van der Waals surface area contributed by atoms with Crippen LogP contribution < -0.4 is 5.32 Å². The first-order chi connectivity index (χ1) is 12.5. The lowest BCUT2D eigenvalue weighted by Gasteiger charge is -2.33. The molecule has 6 heteroatoms.